The molecule has 1 saturated carbocycles. The van der Waals surface area contributed by atoms with Gasteiger partial charge >= 0.3 is 6.09 Å². The number of amides is 1. The Labute approximate surface area is 153 Å². The molecule has 1 saturated heterocycles. The Kier molecular flexibility index (Phi) is 5.00. The van der Waals surface area contributed by atoms with Crippen LogP contribution < -0.4 is 0 Å². The van der Waals surface area contributed by atoms with Gasteiger partial charge in [0.1, 0.15) is 12.3 Å². The molecular weight excluding hydrogens is 361 g/mol. The van der Waals surface area contributed by atoms with E-state index in [1.54, 1.807) is 12.1 Å². The van der Waals surface area contributed by atoms with E-state index in [0.717, 1.165) is 18.4 Å². The first-order valence-corrected chi connectivity index (χ1v) is 10.2. The van der Waals surface area contributed by atoms with Crippen LogP contribution >= 0.6 is 0 Å². The Morgan fingerprint density at radius 1 is 1.23 bits per heavy atom. The van der Waals surface area contributed by atoms with Crippen molar-refractivity contribution in [2.24, 2.45) is 5.41 Å². The van der Waals surface area contributed by atoms with E-state index >= 15 is 4.39 Å². The lowest BCUT2D eigenvalue weighted by atomic mass is 9.67. The Balaban J connectivity index is 1.79. The van der Waals surface area contributed by atoms with Crippen LogP contribution in [-0.4, -0.2) is 49.9 Å². The van der Waals surface area contributed by atoms with Gasteiger partial charge in [-0.2, -0.15) is 8.42 Å². The highest BCUT2D eigenvalue weighted by Crippen LogP contribution is 2.53. The standard InChI is InChI=1S/C18H24FNO5S/c1-14-4-6-15(7-5-14)26(23,24)25-13-18(19)10-11-20(16(21)22)12-17(18)8-2-3-9-17/h4-7H,2-3,8-13H2,1H3,(H,21,22). The summed E-state index contributed by atoms with van der Waals surface area (Å²) >= 11 is 0. The molecule has 1 N–H and O–H groups in total. The molecule has 1 aromatic rings. The number of carbonyl (C=O) groups is 1. The first-order valence-electron chi connectivity index (χ1n) is 8.80. The van der Waals surface area contributed by atoms with Gasteiger partial charge in [-0.3, -0.25) is 4.18 Å². The minimum atomic E-state index is -4.06. The van der Waals surface area contributed by atoms with Crippen LogP contribution in [0.1, 0.15) is 37.7 Å². The molecule has 1 atom stereocenters. The molecule has 1 heterocycles. The second-order valence-electron chi connectivity index (χ2n) is 7.44. The monoisotopic (exact) mass is 385 g/mol. The molecule has 2 fully saturated rings. The third-order valence-corrected chi connectivity index (χ3v) is 7.08. The molecule has 6 nitrogen and oxygen atoms in total. The summed E-state index contributed by atoms with van der Waals surface area (Å²) in [5.74, 6) is 0. The highest BCUT2D eigenvalue weighted by atomic mass is 32.2. The number of halogens is 1. The van der Waals surface area contributed by atoms with Crippen molar-refractivity contribution in [3.8, 4) is 0 Å². The van der Waals surface area contributed by atoms with Crippen LogP contribution in [0.15, 0.2) is 29.2 Å². The quantitative estimate of drug-likeness (QED) is 0.804. The third kappa shape index (κ3) is 3.44. The molecule has 1 aliphatic heterocycles. The molecule has 3 rings (SSSR count). The lowest BCUT2D eigenvalue weighted by Gasteiger charge is -2.49. The van der Waals surface area contributed by atoms with Crippen LogP contribution in [0.2, 0.25) is 0 Å². The fourth-order valence-electron chi connectivity index (χ4n) is 4.15. The van der Waals surface area contributed by atoms with E-state index in [-0.39, 0.29) is 24.4 Å². The maximum atomic E-state index is 15.9. The number of carboxylic acid groups (broad SMARTS) is 1. The summed E-state index contributed by atoms with van der Waals surface area (Å²) in [6.07, 6.45) is 1.59. The van der Waals surface area contributed by atoms with E-state index in [4.69, 9.17) is 4.18 Å². The van der Waals surface area contributed by atoms with Crippen molar-refractivity contribution in [2.45, 2.75) is 49.6 Å². The van der Waals surface area contributed by atoms with Gasteiger partial charge in [0, 0.05) is 24.9 Å². The van der Waals surface area contributed by atoms with E-state index in [2.05, 4.69) is 0 Å². The zero-order valence-corrected chi connectivity index (χ0v) is 15.6. The average molecular weight is 385 g/mol. The normalized spacial score (nSPS) is 25.5. The van der Waals surface area contributed by atoms with E-state index in [0.29, 0.717) is 12.8 Å². The van der Waals surface area contributed by atoms with Gasteiger partial charge in [0.2, 0.25) is 0 Å². The number of nitrogens with zero attached hydrogens (tertiary/aromatic N) is 1. The molecule has 8 heteroatoms. The topological polar surface area (TPSA) is 83.9 Å². The summed E-state index contributed by atoms with van der Waals surface area (Å²) in [5.41, 5.74) is -1.81. The van der Waals surface area contributed by atoms with Crippen molar-refractivity contribution in [3.63, 3.8) is 0 Å². The number of hydrogen-bond acceptors (Lipinski definition) is 4. The predicted molar refractivity (Wildman–Crippen MR) is 93.3 cm³/mol. The summed E-state index contributed by atoms with van der Waals surface area (Å²) in [7, 11) is -4.06. The SMILES string of the molecule is Cc1ccc(S(=O)(=O)OCC2(F)CCN(C(=O)O)CC23CCCC3)cc1. The van der Waals surface area contributed by atoms with Crippen LogP contribution in [0, 0.1) is 12.3 Å². The fourth-order valence-corrected chi connectivity index (χ4v) is 5.10. The van der Waals surface area contributed by atoms with Crippen molar-refractivity contribution >= 4 is 16.2 Å². The van der Waals surface area contributed by atoms with E-state index in [1.807, 2.05) is 6.92 Å². The van der Waals surface area contributed by atoms with Crippen molar-refractivity contribution in [2.75, 3.05) is 19.7 Å². The molecule has 1 amide bonds. The number of likely N-dealkylation sites (tertiary alicyclic amines) is 1. The summed E-state index contributed by atoms with van der Waals surface area (Å²) in [6.45, 7) is 1.40. The van der Waals surface area contributed by atoms with Crippen molar-refractivity contribution < 1.29 is 26.9 Å². The van der Waals surface area contributed by atoms with Gasteiger partial charge in [0.15, 0.2) is 0 Å². The molecule has 0 radical (unpaired) electrons. The summed E-state index contributed by atoms with van der Waals surface area (Å²) in [5, 5.41) is 9.26. The van der Waals surface area contributed by atoms with Gasteiger partial charge in [0.05, 0.1) is 4.90 Å². The smallest absolute Gasteiger partial charge is 0.407 e. The van der Waals surface area contributed by atoms with Gasteiger partial charge < -0.3 is 10.0 Å². The van der Waals surface area contributed by atoms with Crippen LogP contribution in [0.25, 0.3) is 0 Å². The summed E-state index contributed by atoms with van der Waals surface area (Å²) in [4.78, 5) is 12.5. The zero-order chi connectivity index (χ0) is 19.0. The van der Waals surface area contributed by atoms with Crippen molar-refractivity contribution in [3.05, 3.63) is 29.8 Å². The Morgan fingerprint density at radius 3 is 2.42 bits per heavy atom. The molecule has 0 aromatic heterocycles. The average Bonchev–Trinajstić information content (AvgIpc) is 3.06. The largest absolute Gasteiger partial charge is 0.465 e. The van der Waals surface area contributed by atoms with E-state index in [1.165, 1.54) is 17.0 Å². The molecule has 1 aliphatic carbocycles. The molecule has 144 valence electrons. The molecule has 0 bridgehead atoms. The molecule has 2 aliphatic rings. The number of piperidine rings is 1. The fraction of sp³-hybridized carbons (Fsp3) is 0.611. The minimum absolute atomic E-state index is 0.00450. The maximum absolute atomic E-state index is 15.9. The zero-order valence-electron chi connectivity index (χ0n) is 14.8. The highest BCUT2D eigenvalue weighted by molar-refractivity contribution is 7.86. The van der Waals surface area contributed by atoms with Crippen LogP contribution in [-0.2, 0) is 14.3 Å². The van der Waals surface area contributed by atoms with Crippen LogP contribution in [0.5, 0.6) is 0 Å². The Morgan fingerprint density at radius 2 is 1.85 bits per heavy atom. The lowest BCUT2D eigenvalue weighted by Crippen LogP contribution is -2.59. The van der Waals surface area contributed by atoms with Gasteiger partial charge in [-0.15, -0.1) is 0 Å². The lowest BCUT2D eigenvalue weighted by molar-refractivity contribution is -0.0912. The summed E-state index contributed by atoms with van der Waals surface area (Å²) < 4.78 is 45.8. The first-order chi connectivity index (χ1) is 12.2. The molecule has 26 heavy (non-hydrogen) atoms. The number of alkyl halides is 1. The minimum Gasteiger partial charge on any atom is -0.465 e. The number of rotatable bonds is 4. The molecule has 1 unspecified atom stereocenters. The summed E-state index contributed by atoms with van der Waals surface area (Å²) in [6, 6.07) is 6.19. The third-order valence-electron chi connectivity index (χ3n) is 5.81. The molecule has 1 spiro atoms. The van der Waals surface area contributed by atoms with Crippen LogP contribution in [0.4, 0.5) is 9.18 Å². The molecular formula is C18H24FNO5S. The van der Waals surface area contributed by atoms with Gasteiger partial charge in [-0.1, -0.05) is 30.5 Å². The first kappa shape index (κ1) is 19.1. The second-order valence-corrected chi connectivity index (χ2v) is 9.05. The van der Waals surface area contributed by atoms with Crippen LogP contribution in [0.3, 0.4) is 0 Å². The number of benzene rings is 1. The Hall–Kier alpha value is -1.67. The number of aryl methyl sites for hydroxylation is 1. The second kappa shape index (κ2) is 6.81. The maximum Gasteiger partial charge on any atom is 0.407 e. The molecule has 1 aromatic carbocycles. The van der Waals surface area contributed by atoms with Gasteiger partial charge in [-0.25, -0.2) is 9.18 Å². The van der Waals surface area contributed by atoms with Crippen molar-refractivity contribution in [1.82, 2.24) is 4.90 Å². The highest BCUT2D eigenvalue weighted by Gasteiger charge is 2.57. The van der Waals surface area contributed by atoms with Gasteiger partial charge in [0.25, 0.3) is 10.1 Å². The predicted octanol–water partition coefficient (Wildman–Crippen LogP) is 3.35. The van der Waals surface area contributed by atoms with Gasteiger partial charge in [-0.05, 0) is 31.9 Å². The Bertz CT molecular complexity index is 773. The van der Waals surface area contributed by atoms with E-state index in [9.17, 15) is 18.3 Å². The van der Waals surface area contributed by atoms with E-state index < -0.39 is 33.9 Å². The van der Waals surface area contributed by atoms with Crippen molar-refractivity contribution in [1.29, 1.82) is 0 Å². The number of hydrogen-bond donors (Lipinski definition) is 1.